The first kappa shape index (κ1) is 25.9. The molecule has 3 rings (SSSR count). The third-order valence-electron chi connectivity index (χ3n) is 6.00. The van der Waals surface area contributed by atoms with Crippen molar-refractivity contribution in [1.29, 1.82) is 0 Å². The topological polar surface area (TPSA) is 49.4 Å². The van der Waals surface area contributed by atoms with Gasteiger partial charge in [0.1, 0.15) is 6.04 Å². The monoisotopic (exact) mass is 506 g/mol. The molecule has 0 radical (unpaired) electrons. The van der Waals surface area contributed by atoms with Crippen LogP contribution in [0.15, 0.2) is 53.4 Å². The van der Waals surface area contributed by atoms with Crippen molar-refractivity contribution in [2.75, 3.05) is 5.75 Å². The number of carbonyl (C=O) groups is 2. The molecule has 33 heavy (non-hydrogen) atoms. The van der Waals surface area contributed by atoms with Crippen molar-refractivity contribution in [3.05, 3.63) is 64.1 Å². The van der Waals surface area contributed by atoms with Gasteiger partial charge in [-0.1, -0.05) is 61.2 Å². The molecule has 1 atom stereocenters. The molecule has 0 heterocycles. The quantitative estimate of drug-likeness (QED) is 0.271. The third-order valence-corrected chi connectivity index (χ3v) is 7.72. The largest absolute Gasteiger partial charge is 0.352 e. The standard InChI is InChI=1S/C26H32Cl2N2O2S/c1-2-24(26(32)29-21-9-4-5-10-21)30(18-19-8-3-6-11-23(19)28)25(31)12-7-17-33-22-15-13-20(27)14-16-22/h3,6,8,11,13-16,21,24H,2,4-5,7,9-10,12,17-18H2,1H3,(H,29,32). The molecule has 7 heteroatoms. The molecule has 0 aliphatic heterocycles. The second-order valence-electron chi connectivity index (χ2n) is 8.43. The number of carbonyl (C=O) groups excluding carboxylic acids is 2. The van der Waals surface area contributed by atoms with Crippen molar-refractivity contribution in [2.45, 2.75) is 75.4 Å². The predicted octanol–water partition coefficient (Wildman–Crippen LogP) is 6.73. The minimum absolute atomic E-state index is 0.0138. The molecule has 2 aromatic rings. The van der Waals surface area contributed by atoms with E-state index in [9.17, 15) is 9.59 Å². The lowest BCUT2D eigenvalue weighted by molar-refractivity contribution is -0.141. The van der Waals surface area contributed by atoms with Gasteiger partial charge in [0.15, 0.2) is 0 Å². The fraction of sp³-hybridized carbons (Fsp3) is 0.462. The van der Waals surface area contributed by atoms with Gasteiger partial charge in [-0.15, -0.1) is 11.8 Å². The Morgan fingerprint density at radius 2 is 1.79 bits per heavy atom. The summed E-state index contributed by atoms with van der Waals surface area (Å²) in [5.74, 6) is 0.749. The van der Waals surface area contributed by atoms with Gasteiger partial charge in [0.25, 0.3) is 0 Å². The molecule has 0 aromatic heterocycles. The molecular formula is C26H32Cl2N2O2S. The van der Waals surface area contributed by atoms with Gasteiger partial charge in [-0.2, -0.15) is 0 Å². The summed E-state index contributed by atoms with van der Waals surface area (Å²) in [5, 5.41) is 4.50. The fourth-order valence-corrected chi connectivity index (χ4v) is 5.36. The van der Waals surface area contributed by atoms with Crippen LogP contribution in [0.1, 0.15) is 57.4 Å². The predicted molar refractivity (Wildman–Crippen MR) is 138 cm³/mol. The van der Waals surface area contributed by atoms with E-state index in [4.69, 9.17) is 23.2 Å². The van der Waals surface area contributed by atoms with Crippen LogP contribution in [0.2, 0.25) is 10.0 Å². The number of rotatable bonds is 11. The summed E-state index contributed by atoms with van der Waals surface area (Å²) in [4.78, 5) is 29.3. The maximum absolute atomic E-state index is 13.3. The van der Waals surface area contributed by atoms with E-state index in [2.05, 4.69) is 5.32 Å². The van der Waals surface area contributed by atoms with Crippen LogP contribution < -0.4 is 5.32 Å². The number of nitrogens with one attached hydrogen (secondary N) is 1. The van der Waals surface area contributed by atoms with E-state index in [1.165, 1.54) is 0 Å². The summed E-state index contributed by atoms with van der Waals surface area (Å²) >= 11 is 14.0. The van der Waals surface area contributed by atoms with E-state index in [0.29, 0.717) is 29.4 Å². The summed E-state index contributed by atoms with van der Waals surface area (Å²) in [5.41, 5.74) is 0.857. The number of hydrogen-bond acceptors (Lipinski definition) is 3. The molecule has 1 unspecified atom stereocenters. The van der Waals surface area contributed by atoms with Gasteiger partial charge in [-0.05, 0) is 67.3 Å². The first-order valence-electron chi connectivity index (χ1n) is 11.7. The number of amides is 2. The Balaban J connectivity index is 1.65. The number of benzene rings is 2. The first-order chi connectivity index (χ1) is 16.0. The molecule has 4 nitrogen and oxygen atoms in total. The van der Waals surface area contributed by atoms with E-state index in [1.807, 2.05) is 55.5 Å². The second-order valence-corrected chi connectivity index (χ2v) is 10.4. The highest BCUT2D eigenvalue weighted by Crippen LogP contribution is 2.24. The molecule has 2 aromatic carbocycles. The van der Waals surface area contributed by atoms with Crippen LogP contribution in [0.5, 0.6) is 0 Å². The zero-order chi connectivity index (χ0) is 23.6. The number of thioether (sulfide) groups is 1. The highest BCUT2D eigenvalue weighted by Gasteiger charge is 2.30. The van der Waals surface area contributed by atoms with Crippen molar-refractivity contribution < 1.29 is 9.59 Å². The molecule has 0 saturated heterocycles. The van der Waals surface area contributed by atoms with Crippen molar-refractivity contribution >= 4 is 46.8 Å². The first-order valence-corrected chi connectivity index (χ1v) is 13.4. The van der Waals surface area contributed by atoms with Crippen molar-refractivity contribution in [3.8, 4) is 0 Å². The third kappa shape index (κ3) is 7.94. The molecule has 0 bridgehead atoms. The zero-order valence-corrected chi connectivity index (χ0v) is 21.4. The minimum atomic E-state index is -0.502. The Kier molecular flexibility index (Phi) is 10.4. The summed E-state index contributed by atoms with van der Waals surface area (Å²) < 4.78 is 0. The van der Waals surface area contributed by atoms with Crippen LogP contribution in [-0.2, 0) is 16.1 Å². The molecule has 0 spiro atoms. The summed E-state index contributed by atoms with van der Waals surface area (Å²) in [6, 6.07) is 14.9. The Morgan fingerprint density at radius 3 is 2.45 bits per heavy atom. The lowest BCUT2D eigenvalue weighted by atomic mass is 10.1. The average molecular weight is 508 g/mol. The second kappa shape index (κ2) is 13.3. The SMILES string of the molecule is CCC(C(=O)NC1CCCC1)N(Cc1ccccc1Cl)C(=O)CCCSc1ccc(Cl)cc1. The van der Waals surface area contributed by atoms with Crippen LogP contribution in [0.4, 0.5) is 0 Å². The van der Waals surface area contributed by atoms with E-state index in [-0.39, 0.29) is 17.9 Å². The van der Waals surface area contributed by atoms with Crippen LogP contribution in [0.3, 0.4) is 0 Å². The van der Waals surface area contributed by atoms with E-state index in [1.54, 1.807) is 16.7 Å². The molecule has 2 amide bonds. The molecular weight excluding hydrogens is 475 g/mol. The highest BCUT2D eigenvalue weighted by molar-refractivity contribution is 7.99. The minimum Gasteiger partial charge on any atom is -0.352 e. The Labute approximate surface area is 211 Å². The fourth-order valence-electron chi connectivity index (χ4n) is 4.19. The smallest absolute Gasteiger partial charge is 0.243 e. The normalized spacial score (nSPS) is 14.8. The number of nitrogens with zero attached hydrogens (tertiary/aromatic N) is 1. The Morgan fingerprint density at radius 1 is 1.09 bits per heavy atom. The average Bonchev–Trinajstić information content (AvgIpc) is 3.32. The van der Waals surface area contributed by atoms with Gasteiger partial charge in [-0.3, -0.25) is 9.59 Å². The molecule has 178 valence electrons. The van der Waals surface area contributed by atoms with E-state index >= 15 is 0 Å². The molecule has 1 fully saturated rings. The van der Waals surface area contributed by atoms with E-state index in [0.717, 1.165) is 48.3 Å². The molecule has 1 aliphatic rings. The van der Waals surface area contributed by atoms with Gasteiger partial charge >= 0.3 is 0 Å². The molecule has 1 N–H and O–H groups in total. The van der Waals surface area contributed by atoms with Crippen LogP contribution in [-0.4, -0.2) is 34.6 Å². The van der Waals surface area contributed by atoms with Crippen LogP contribution in [0.25, 0.3) is 0 Å². The lowest BCUT2D eigenvalue weighted by Gasteiger charge is -2.32. The van der Waals surface area contributed by atoms with Gasteiger partial charge in [0.2, 0.25) is 11.8 Å². The highest BCUT2D eigenvalue weighted by atomic mass is 35.5. The Bertz CT molecular complexity index is 917. The zero-order valence-electron chi connectivity index (χ0n) is 19.1. The van der Waals surface area contributed by atoms with Gasteiger partial charge in [0, 0.05) is 33.9 Å². The van der Waals surface area contributed by atoms with Crippen molar-refractivity contribution in [3.63, 3.8) is 0 Å². The van der Waals surface area contributed by atoms with Gasteiger partial charge in [-0.25, -0.2) is 0 Å². The Hall–Kier alpha value is -1.69. The van der Waals surface area contributed by atoms with Crippen LogP contribution in [0, 0.1) is 0 Å². The van der Waals surface area contributed by atoms with Gasteiger partial charge in [0.05, 0.1) is 0 Å². The summed E-state index contributed by atoms with van der Waals surface area (Å²) in [6.45, 7) is 2.29. The molecule has 1 aliphatic carbocycles. The maximum atomic E-state index is 13.3. The lowest BCUT2D eigenvalue weighted by Crippen LogP contribution is -2.50. The summed E-state index contributed by atoms with van der Waals surface area (Å²) in [6.07, 6.45) is 6.01. The van der Waals surface area contributed by atoms with Crippen LogP contribution >= 0.6 is 35.0 Å². The van der Waals surface area contributed by atoms with E-state index < -0.39 is 6.04 Å². The molecule has 1 saturated carbocycles. The van der Waals surface area contributed by atoms with Crippen molar-refractivity contribution in [2.24, 2.45) is 0 Å². The van der Waals surface area contributed by atoms with Gasteiger partial charge < -0.3 is 10.2 Å². The summed E-state index contributed by atoms with van der Waals surface area (Å²) in [7, 11) is 0. The van der Waals surface area contributed by atoms with Crippen molar-refractivity contribution in [1.82, 2.24) is 10.2 Å². The number of halogens is 2. The maximum Gasteiger partial charge on any atom is 0.243 e. The number of hydrogen-bond donors (Lipinski definition) is 1.